The van der Waals surface area contributed by atoms with Gasteiger partial charge in [-0.1, -0.05) is 78.4 Å². The molecule has 0 rings (SSSR count). The lowest BCUT2D eigenvalue weighted by Gasteiger charge is -2.23. The molecule has 0 aromatic rings. The zero-order valence-electron chi connectivity index (χ0n) is 13.3. The Hall–Kier alpha value is -0.113. The highest BCUT2D eigenvalue weighted by Gasteiger charge is 2.27. The summed E-state index contributed by atoms with van der Waals surface area (Å²) in [6.07, 6.45) is 11.3. The first kappa shape index (κ1) is 17.9. The van der Waals surface area contributed by atoms with Gasteiger partial charge < -0.3 is 0 Å². The Morgan fingerprint density at radius 1 is 0.889 bits per heavy atom. The second-order valence-electron chi connectivity index (χ2n) is 6.78. The zero-order chi connectivity index (χ0) is 14.0. The number of carbonyl (C=O) groups excluding carboxylic acids is 1. The lowest BCUT2D eigenvalue weighted by Crippen LogP contribution is -2.31. The molecule has 1 atom stereocenters. The van der Waals surface area contributed by atoms with E-state index in [1.807, 2.05) is 0 Å². The first-order chi connectivity index (χ1) is 8.39. The average Bonchev–Trinajstić information content (AvgIpc) is 2.30. The molecule has 0 heterocycles. The number of Topliss-reactive ketones (excluding diaryl/α,β-unsaturated/α-hetero) is 1. The number of rotatable bonds is 11. The van der Waals surface area contributed by atoms with Gasteiger partial charge in [-0.05, 0) is 6.42 Å². The van der Waals surface area contributed by atoms with Crippen LogP contribution in [0.3, 0.4) is 0 Å². The van der Waals surface area contributed by atoms with E-state index in [1.54, 1.807) is 0 Å². The van der Waals surface area contributed by atoms with E-state index in [-0.39, 0.29) is 0 Å². The van der Waals surface area contributed by atoms with E-state index >= 15 is 0 Å². The topological polar surface area (TPSA) is 17.1 Å². The SMILES string of the molecule is CCCCCCCCCCC(=O)C(C)[Si](C)(C)C. The normalized spacial score (nSPS) is 13.6. The highest BCUT2D eigenvalue weighted by atomic mass is 28.3. The van der Waals surface area contributed by atoms with Crippen LogP contribution in [0, 0.1) is 0 Å². The van der Waals surface area contributed by atoms with Gasteiger partial charge in [0.25, 0.3) is 0 Å². The van der Waals surface area contributed by atoms with E-state index < -0.39 is 8.07 Å². The molecule has 108 valence electrons. The largest absolute Gasteiger partial charge is 0.300 e. The second-order valence-corrected chi connectivity index (χ2v) is 12.4. The minimum atomic E-state index is -1.26. The van der Waals surface area contributed by atoms with Gasteiger partial charge in [0.15, 0.2) is 0 Å². The second kappa shape index (κ2) is 9.77. The zero-order valence-corrected chi connectivity index (χ0v) is 14.3. The molecular formula is C16H34OSi. The van der Waals surface area contributed by atoms with Gasteiger partial charge in [-0.2, -0.15) is 0 Å². The predicted molar refractivity (Wildman–Crippen MR) is 85.0 cm³/mol. The maximum absolute atomic E-state index is 12.0. The molecule has 0 spiro atoms. The molecule has 18 heavy (non-hydrogen) atoms. The van der Waals surface area contributed by atoms with Crippen molar-refractivity contribution in [3.05, 3.63) is 0 Å². The molecule has 2 heteroatoms. The van der Waals surface area contributed by atoms with E-state index in [0.29, 0.717) is 11.3 Å². The van der Waals surface area contributed by atoms with E-state index in [4.69, 9.17) is 0 Å². The smallest absolute Gasteiger partial charge is 0.133 e. The minimum Gasteiger partial charge on any atom is -0.300 e. The van der Waals surface area contributed by atoms with Gasteiger partial charge in [0, 0.05) is 12.0 Å². The minimum absolute atomic E-state index is 0.335. The number of unbranched alkanes of at least 4 members (excludes halogenated alkanes) is 7. The van der Waals surface area contributed by atoms with Crippen LogP contribution in [0.4, 0.5) is 0 Å². The Bertz CT molecular complexity index is 218. The van der Waals surface area contributed by atoms with Gasteiger partial charge in [0.05, 0.1) is 8.07 Å². The van der Waals surface area contributed by atoms with Gasteiger partial charge in [0.2, 0.25) is 0 Å². The van der Waals surface area contributed by atoms with Crippen LogP contribution in [0.2, 0.25) is 25.2 Å². The van der Waals surface area contributed by atoms with Crippen molar-refractivity contribution >= 4 is 13.9 Å². The molecule has 0 aliphatic carbocycles. The molecule has 0 aliphatic heterocycles. The van der Waals surface area contributed by atoms with Crippen LogP contribution in [-0.2, 0) is 4.79 Å². The molecule has 0 aromatic heterocycles. The van der Waals surface area contributed by atoms with E-state index in [0.717, 1.165) is 12.8 Å². The third-order valence-electron chi connectivity index (χ3n) is 4.06. The van der Waals surface area contributed by atoms with Crippen LogP contribution in [0.1, 0.15) is 71.6 Å². The van der Waals surface area contributed by atoms with E-state index in [9.17, 15) is 4.79 Å². The molecule has 1 nitrogen and oxygen atoms in total. The van der Waals surface area contributed by atoms with E-state index in [2.05, 4.69) is 33.5 Å². The summed E-state index contributed by atoms with van der Waals surface area (Å²) in [7, 11) is -1.26. The summed E-state index contributed by atoms with van der Waals surface area (Å²) in [5.74, 6) is 0.514. The fourth-order valence-corrected chi connectivity index (χ4v) is 3.24. The van der Waals surface area contributed by atoms with E-state index in [1.165, 1.54) is 44.9 Å². The first-order valence-corrected chi connectivity index (χ1v) is 11.5. The third-order valence-corrected chi connectivity index (χ3v) is 6.98. The molecule has 0 N–H and O–H groups in total. The van der Waals surface area contributed by atoms with Gasteiger partial charge in [-0.3, -0.25) is 4.79 Å². The van der Waals surface area contributed by atoms with Gasteiger partial charge in [0.1, 0.15) is 5.78 Å². The monoisotopic (exact) mass is 270 g/mol. The lowest BCUT2D eigenvalue weighted by molar-refractivity contribution is -0.118. The lowest BCUT2D eigenvalue weighted by atomic mass is 10.1. The molecular weight excluding hydrogens is 236 g/mol. The van der Waals surface area contributed by atoms with Crippen LogP contribution in [0.5, 0.6) is 0 Å². The maximum Gasteiger partial charge on any atom is 0.133 e. The Morgan fingerprint density at radius 3 is 1.78 bits per heavy atom. The summed E-state index contributed by atoms with van der Waals surface area (Å²) in [5.41, 5.74) is 0.335. The highest BCUT2D eigenvalue weighted by Crippen LogP contribution is 2.24. The Labute approximate surface area is 116 Å². The fourth-order valence-electron chi connectivity index (χ4n) is 2.13. The fraction of sp³-hybridized carbons (Fsp3) is 0.938. The average molecular weight is 271 g/mol. The quantitative estimate of drug-likeness (QED) is 0.342. The van der Waals surface area contributed by atoms with Crippen molar-refractivity contribution in [2.75, 3.05) is 0 Å². The van der Waals surface area contributed by atoms with Crippen molar-refractivity contribution in [1.82, 2.24) is 0 Å². The van der Waals surface area contributed by atoms with Gasteiger partial charge >= 0.3 is 0 Å². The Balaban J connectivity index is 3.47. The molecule has 0 radical (unpaired) electrons. The van der Waals surface area contributed by atoms with Crippen LogP contribution in [-0.4, -0.2) is 13.9 Å². The number of hydrogen-bond acceptors (Lipinski definition) is 1. The molecule has 1 unspecified atom stereocenters. The first-order valence-electron chi connectivity index (χ1n) is 7.92. The summed E-state index contributed by atoms with van der Waals surface area (Å²) in [5, 5.41) is 0. The van der Waals surface area contributed by atoms with Crippen LogP contribution in [0.15, 0.2) is 0 Å². The van der Waals surface area contributed by atoms with Crippen LogP contribution >= 0.6 is 0 Å². The summed E-state index contributed by atoms with van der Waals surface area (Å²) >= 11 is 0. The van der Waals surface area contributed by atoms with Crippen molar-refractivity contribution in [2.24, 2.45) is 0 Å². The Morgan fingerprint density at radius 2 is 1.33 bits per heavy atom. The highest BCUT2D eigenvalue weighted by molar-refractivity contribution is 6.80. The summed E-state index contributed by atoms with van der Waals surface area (Å²) < 4.78 is 0. The molecule has 0 saturated heterocycles. The summed E-state index contributed by atoms with van der Waals surface area (Å²) in [4.78, 5) is 12.0. The third kappa shape index (κ3) is 8.90. The van der Waals surface area contributed by atoms with Gasteiger partial charge in [-0.15, -0.1) is 0 Å². The van der Waals surface area contributed by atoms with Gasteiger partial charge in [-0.25, -0.2) is 0 Å². The number of carbonyl (C=O) groups is 1. The van der Waals surface area contributed by atoms with Crippen LogP contribution < -0.4 is 0 Å². The molecule has 0 aromatic carbocycles. The van der Waals surface area contributed by atoms with Crippen molar-refractivity contribution in [1.29, 1.82) is 0 Å². The predicted octanol–water partition coefficient (Wildman–Crippen LogP) is 5.81. The molecule has 0 saturated carbocycles. The van der Waals surface area contributed by atoms with Crippen molar-refractivity contribution in [3.8, 4) is 0 Å². The number of hydrogen-bond donors (Lipinski definition) is 0. The molecule has 0 amide bonds. The van der Waals surface area contributed by atoms with Crippen molar-refractivity contribution in [3.63, 3.8) is 0 Å². The van der Waals surface area contributed by atoms with Crippen LogP contribution in [0.25, 0.3) is 0 Å². The molecule has 0 aliphatic rings. The number of ketones is 1. The summed E-state index contributed by atoms with van der Waals surface area (Å²) in [6, 6.07) is 0. The summed E-state index contributed by atoms with van der Waals surface area (Å²) in [6.45, 7) is 11.3. The van der Waals surface area contributed by atoms with Crippen molar-refractivity contribution < 1.29 is 4.79 Å². The standard InChI is InChI=1S/C16H34OSi/c1-6-7-8-9-10-11-12-13-14-16(17)15(2)18(3,4)5/h15H,6-14H2,1-5H3. The van der Waals surface area contributed by atoms with Crippen molar-refractivity contribution in [2.45, 2.75) is 96.8 Å². The maximum atomic E-state index is 12.0. The Kier molecular flexibility index (Phi) is 9.71. The molecule has 0 fully saturated rings. The molecule has 0 bridgehead atoms.